The van der Waals surface area contributed by atoms with Crippen molar-refractivity contribution in [2.75, 3.05) is 26.7 Å². The molecular formula is C13H17Cl2NO2. The van der Waals surface area contributed by atoms with E-state index >= 15 is 0 Å². The van der Waals surface area contributed by atoms with Gasteiger partial charge in [0.25, 0.3) is 0 Å². The number of hydrogen-bond donors (Lipinski definition) is 1. The Hall–Kier alpha value is -0.480. The van der Waals surface area contributed by atoms with E-state index in [-0.39, 0.29) is 6.61 Å². The van der Waals surface area contributed by atoms with E-state index in [4.69, 9.17) is 27.9 Å². The van der Waals surface area contributed by atoms with E-state index in [1.165, 1.54) is 0 Å². The molecule has 1 aliphatic heterocycles. The largest absolute Gasteiger partial charge is 0.487 e. The Morgan fingerprint density at radius 3 is 2.39 bits per heavy atom. The molecule has 1 aromatic carbocycles. The minimum Gasteiger partial charge on any atom is -0.487 e. The van der Waals surface area contributed by atoms with Crippen LogP contribution in [0.5, 0.6) is 5.75 Å². The van der Waals surface area contributed by atoms with Crippen LogP contribution in [0, 0.1) is 0 Å². The maximum atomic E-state index is 10.4. The van der Waals surface area contributed by atoms with Crippen molar-refractivity contribution in [3.63, 3.8) is 0 Å². The molecule has 0 amide bonds. The van der Waals surface area contributed by atoms with Gasteiger partial charge in [0.15, 0.2) is 5.75 Å². The van der Waals surface area contributed by atoms with Crippen molar-refractivity contribution in [1.29, 1.82) is 0 Å². The van der Waals surface area contributed by atoms with E-state index in [1.54, 1.807) is 18.2 Å². The Morgan fingerprint density at radius 1 is 1.28 bits per heavy atom. The average Bonchev–Trinajstić information content (AvgIpc) is 2.33. The number of para-hydroxylation sites is 1. The van der Waals surface area contributed by atoms with Crippen molar-refractivity contribution < 1.29 is 9.84 Å². The van der Waals surface area contributed by atoms with Gasteiger partial charge in [-0.2, -0.15) is 0 Å². The van der Waals surface area contributed by atoms with Gasteiger partial charge < -0.3 is 14.7 Å². The van der Waals surface area contributed by atoms with Crippen LogP contribution < -0.4 is 4.74 Å². The number of halogens is 2. The van der Waals surface area contributed by atoms with E-state index in [2.05, 4.69) is 4.90 Å². The SMILES string of the molecule is CN1CCC(O)(COc2c(Cl)cccc2Cl)CC1. The van der Waals surface area contributed by atoms with Crippen molar-refractivity contribution in [2.45, 2.75) is 18.4 Å². The fourth-order valence-corrected chi connectivity index (χ4v) is 2.51. The molecule has 1 heterocycles. The molecule has 0 spiro atoms. The number of nitrogens with zero attached hydrogens (tertiary/aromatic N) is 1. The van der Waals surface area contributed by atoms with Gasteiger partial charge in [-0.3, -0.25) is 0 Å². The van der Waals surface area contributed by atoms with Gasteiger partial charge in [-0.1, -0.05) is 29.3 Å². The number of aliphatic hydroxyl groups is 1. The third kappa shape index (κ3) is 3.29. The first kappa shape index (κ1) is 13.9. The Labute approximate surface area is 117 Å². The van der Waals surface area contributed by atoms with E-state index < -0.39 is 5.60 Å². The molecule has 0 unspecified atom stereocenters. The minimum atomic E-state index is -0.783. The lowest BCUT2D eigenvalue weighted by atomic mass is 9.93. The zero-order valence-corrected chi connectivity index (χ0v) is 11.8. The number of ether oxygens (including phenoxy) is 1. The van der Waals surface area contributed by atoms with Gasteiger partial charge in [0.1, 0.15) is 12.2 Å². The Morgan fingerprint density at radius 2 is 1.83 bits per heavy atom. The molecule has 1 aromatic rings. The predicted molar refractivity (Wildman–Crippen MR) is 73.6 cm³/mol. The minimum absolute atomic E-state index is 0.226. The molecule has 18 heavy (non-hydrogen) atoms. The highest BCUT2D eigenvalue weighted by atomic mass is 35.5. The van der Waals surface area contributed by atoms with Crippen LogP contribution >= 0.6 is 23.2 Å². The first-order chi connectivity index (χ1) is 8.50. The molecule has 1 saturated heterocycles. The molecule has 100 valence electrons. The van der Waals surface area contributed by atoms with Crippen LogP contribution in [0.2, 0.25) is 10.0 Å². The Balaban J connectivity index is 1.99. The molecule has 3 nitrogen and oxygen atoms in total. The van der Waals surface area contributed by atoms with Crippen molar-refractivity contribution >= 4 is 23.2 Å². The lowest BCUT2D eigenvalue weighted by Crippen LogP contribution is -2.46. The maximum Gasteiger partial charge on any atom is 0.156 e. The molecule has 0 radical (unpaired) electrons. The van der Waals surface area contributed by atoms with Gasteiger partial charge in [0, 0.05) is 13.1 Å². The maximum absolute atomic E-state index is 10.4. The first-order valence-electron chi connectivity index (χ1n) is 5.98. The van der Waals surface area contributed by atoms with Crippen molar-refractivity contribution in [2.24, 2.45) is 0 Å². The van der Waals surface area contributed by atoms with Gasteiger partial charge in [-0.05, 0) is 32.0 Å². The molecule has 1 aliphatic rings. The molecule has 0 aliphatic carbocycles. The number of likely N-dealkylation sites (tertiary alicyclic amines) is 1. The van der Waals surface area contributed by atoms with Gasteiger partial charge in [0.05, 0.1) is 10.0 Å². The summed E-state index contributed by atoms with van der Waals surface area (Å²) >= 11 is 12.0. The highest BCUT2D eigenvalue weighted by Gasteiger charge is 2.32. The van der Waals surface area contributed by atoms with Gasteiger partial charge in [-0.25, -0.2) is 0 Å². The van der Waals surface area contributed by atoms with E-state index in [0.717, 1.165) is 13.1 Å². The van der Waals surface area contributed by atoms with Gasteiger partial charge >= 0.3 is 0 Å². The lowest BCUT2D eigenvalue weighted by molar-refractivity contribution is -0.0482. The summed E-state index contributed by atoms with van der Waals surface area (Å²) in [5.74, 6) is 0.452. The Bertz CT molecular complexity index is 397. The van der Waals surface area contributed by atoms with Crippen LogP contribution in [-0.4, -0.2) is 42.4 Å². The summed E-state index contributed by atoms with van der Waals surface area (Å²) in [5, 5.41) is 11.3. The zero-order chi connectivity index (χ0) is 13.2. The summed E-state index contributed by atoms with van der Waals surface area (Å²) in [6, 6.07) is 5.21. The van der Waals surface area contributed by atoms with Gasteiger partial charge in [0.2, 0.25) is 0 Å². The predicted octanol–water partition coefficient (Wildman–Crippen LogP) is 2.83. The summed E-state index contributed by atoms with van der Waals surface area (Å²) < 4.78 is 5.61. The monoisotopic (exact) mass is 289 g/mol. The van der Waals surface area contributed by atoms with Crippen molar-refractivity contribution in [1.82, 2.24) is 4.90 Å². The average molecular weight is 290 g/mol. The summed E-state index contributed by atoms with van der Waals surface area (Å²) in [6.45, 7) is 1.97. The molecule has 0 bridgehead atoms. The number of hydrogen-bond acceptors (Lipinski definition) is 3. The first-order valence-corrected chi connectivity index (χ1v) is 6.73. The summed E-state index contributed by atoms with van der Waals surface area (Å²) in [4.78, 5) is 2.19. The number of benzene rings is 1. The number of rotatable bonds is 3. The van der Waals surface area contributed by atoms with Crippen LogP contribution in [-0.2, 0) is 0 Å². The smallest absolute Gasteiger partial charge is 0.156 e. The van der Waals surface area contributed by atoms with E-state index in [1.807, 2.05) is 7.05 Å². The summed E-state index contributed by atoms with van der Waals surface area (Å²) in [5.41, 5.74) is -0.783. The van der Waals surface area contributed by atoms with Crippen LogP contribution in [0.1, 0.15) is 12.8 Å². The third-order valence-corrected chi connectivity index (χ3v) is 3.92. The van der Waals surface area contributed by atoms with Crippen LogP contribution in [0.4, 0.5) is 0 Å². The molecule has 0 atom stereocenters. The second-order valence-electron chi connectivity index (χ2n) is 4.87. The summed E-state index contributed by atoms with van der Waals surface area (Å²) in [6.07, 6.45) is 1.40. The molecule has 0 aromatic heterocycles. The van der Waals surface area contributed by atoms with Crippen LogP contribution in [0.15, 0.2) is 18.2 Å². The van der Waals surface area contributed by atoms with Crippen molar-refractivity contribution in [3.05, 3.63) is 28.2 Å². The fourth-order valence-electron chi connectivity index (χ4n) is 2.01. The normalized spacial score (nSPS) is 19.8. The van der Waals surface area contributed by atoms with E-state index in [9.17, 15) is 5.11 Å². The molecular weight excluding hydrogens is 273 g/mol. The second-order valence-corrected chi connectivity index (χ2v) is 5.68. The van der Waals surface area contributed by atoms with E-state index in [0.29, 0.717) is 28.6 Å². The van der Waals surface area contributed by atoms with Crippen LogP contribution in [0.3, 0.4) is 0 Å². The molecule has 2 rings (SSSR count). The summed E-state index contributed by atoms with van der Waals surface area (Å²) in [7, 11) is 2.05. The van der Waals surface area contributed by atoms with Gasteiger partial charge in [-0.15, -0.1) is 0 Å². The van der Waals surface area contributed by atoms with Crippen molar-refractivity contribution in [3.8, 4) is 5.75 Å². The molecule has 1 fully saturated rings. The third-order valence-electron chi connectivity index (χ3n) is 3.32. The second kappa shape index (κ2) is 5.66. The zero-order valence-electron chi connectivity index (χ0n) is 10.3. The Kier molecular flexibility index (Phi) is 4.38. The molecule has 0 saturated carbocycles. The highest BCUT2D eigenvalue weighted by Crippen LogP contribution is 2.33. The topological polar surface area (TPSA) is 32.7 Å². The standard InChI is InChI=1S/C13H17Cl2NO2/c1-16-7-5-13(17,6-8-16)9-18-12-10(14)3-2-4-11(12)15/h2-4,17H,5-9H2,1H3. The van der Waals surface area contributed by atoms with Crippen LogP contribution in [0.25, 0.3) is 0 Å². The molecule has 1 N–H and O–H groups in total. The number of piperidine rings is 1. The molecule has 5 heteroatoms. The quantitative estimate of drug-likeness (QED) is 0.929. The highest BCUT2D eigenvalue weighted by molar-refractivity contribution is 6.37. The fraction of sp³-hybridized carbons (Fsp3) is 0.538. The lowest BCUT2D eigenvalue weighted by Gasteiger charge is -2.36.